The lowest BCUT2D eigenvalue weighted by Crippen LogP contribution is -2.40. The number of hydrogen-bond donors (Lipinski definition) is 2. The van der Waals surface area contributed by atoms with Gasteiger partial charge >= 0.3 is 5.69 Å². The van der Waals surface area contributed by atoms with Crippen LogP contribution < -0.4 is 11.2 Å². The molecule has 0 unspecified atom stereocenters. The Balaban J connectivity index is 0.00000256. The molecule has 0 bridgehead atoms. The van der Waals surface area contributed by atoms with Gasteiger partial charge in [-0.25, -0.2) is 4.79 Å². The summed E-state index contributed by atoms with van der Waals surface area (Å²) in [5.41, 5.74) is 0.613. The maximum atomic E-state index is 12.5. The van der Waals surface area contributed by atoms with Crippen LogP contribution in [0.1, 0.15) is 37.7 Å². The third-order valence-electron chi connectivity index (χ3n) is 5.93. The largest absolute Gasteiger partial charge is 0.506 e. The van der Waals surface area contributed by atoms with Crippen LogP contribution >= 0.6 is 12.4 Å². The van der Waals surface area contributed by atoms with Crippen molar-refractivity contribution in [1.82, 2.24) is 14.5 Å². The average Bonchev–Trinajstić information content (AvgIpc) is 2.74. The highest BCUT2D eigenvalue weighted by atomic mass is 35.5. The number of H-pyrrole nitrogens is 1. The SMILES string of the molecule is Cl.O=c1[nH]c(=O)n(CCN(Cc2ccccc2)C2CCCCC2)c2c(O)cccc12. The fourth-order valence-corrected chi connectivity index (χ4v) is 4.43. The molecule has 6 nitrogen and oxygen atoms in total. The maximum Gasteiger partial charge on any atom is 0.328 e. The van der Waals surface area contributed by atoms with Crippen molar-refractivity contribution in [2.45, 2.75) is 51.2 Å². The molecule has 3 aromatic rings. The summed E-state index contributed by atoms with van der Waals surface area (Å²) in [6, 6.07) is 15.6. The van der Waals surface area contributed by atoms with E-state index in [0.29, 0.717) is 30.0 Å². The minimum absolute atomic E-state index is 0. The van der Waals surface area contributed by atoms with Crippen LogP contribution in [0.4, 0.5) is 0 Å². The first kappa shape index (κ1) is 22.1. The molecule has 0 radical (unpaired) electrons. The standard InChI is InChI=1S/C23H27N3O3.ClH/c27-20-13-7-12-19-21(20)26(23(29)24-22(19)28)15-14-25(18-10-5-2-6-11-18)16-17-8-3-1-4-9-17;/h1,3-4,7-9,12-13,18,27H,2,5-6,10-11,14-16H2,(H,24,28,29);1H. The van der Waals surface area contributed by atoms with Crippen LogP contribution in [-0.2, 0) is 13.1 Å². The van der Waals surface area contributed by atoms with E-state index >= 15 is 0 Å². The van der Waals surface area contributed by atoms with Gasteiger partial charge in [0.2, 0.25) is 0 Å². The number of halogens is 1. The Morgan fingerprint density at radius 1 is 1.00 bits per heavy atom. The zero-order valence-corrected chi connectivity index (χ0v) is 17.7. The quantitative estimate of drug-likeness (QED) is 0.626. The van der Waals surface area contributed by atoms with E-state index < -0.39 is 11.2 Å². The second kappa shape index (κ2) is 9.96. The van der Waals surface area contributed by atoms with Gasteiger partial charge in [0, 0.05) is 25.7 Å². The Morgan fingerprint density at radius 3 is 2.47 bits per heavy atom. The van der Waals surface area contributed by atoms with E-state index in [1.807, 2.05) is 18.2 Å². The third kappa shape index (κ3) is 4.77. The van der Waals surface area contributed by atoms with E-state index in [0.717, 1.165) is 6.54 Å². The number of hydrogen-bond acceptors (Lipinski definition) is 4. The number of phenols is 1. The molecule has 1 aliphatic carbocycles. The van der Waals surface area contributed by atoms with E-state index in [1.54, 1.807) is 12.1 Å². The molecule has 1 fully saturated rings. The van der Waals surface area contributed by atoms with Crippen LogP contribution in [0.15, 0.2) is 58.1 Å². The molecule has 0 saturated heterocycles. The fraction of sp³-hybridized carbons (Fsp3) is 0.391. The van der Waals surface area contributed by atoms with Crippen LogP contribution in [0.25, 0.3) is 10.9 Å². The molecular formula is C23H28ClN3O3. The number of nitrogens with zero attached hydrogens (tertiary/aromatic N) is 2. The highest BCUT2D eigenvalue weighted by Crippen LogP contribution is 2.25. The number of nitrogens with one attached hydrogen (secondary N) is 1. The van der Waals surface area contributed by atoms with Gasteiger partial charge in [0.05, 0.1) is 5.39 Å². The van der Waals surface area contributed by atoms with Crippen molar-refractivity contribution in [3.8, 4) is 5.75 Å². The maximum absolute atomic E-state index is 12.5. The van der Waals surface area contributed by atoms with E-state index in [2.05, 4.69) is 22.0 Å². The summed E-state index contributed by atoms with van der Waals surface area (Å²) in [5.74, 6) is -0.0435. The Kier molecular flexibility index (Phi) is 7.34. The molecule has 1 saturated carbocycles. The first-order valence-electron chi connectivity index (χ1n) is 10.4. The number of benzene rings is 2. The molecule has 0 amide bonds. The topological polar surface area (TPSA) is 78.3 Å². The van der Waals surface area contributed by atoms with Crippen molar-refractivity contribution in [3.63, 3.8) is 0 Å². The van der Waals surface area contributed by atoms with Gasteiger partial charge in [-0.15, -0.1) is 12.4 Å². The van der Waals surface area contributed by atoms with Gasteiger partial charge in [-0.3, -0.25) is 19.2 Å². The molecule has 1 aliphatic rings. The second-order valence-corrected chi connectivity index (χ2v) is 7.83. The smallest absolute Gasteiger partial charge is 0.328 e. The molecule has 1 aromatic heterocycles. The van der Waals surface area contributed by atoms with E-state index in [4.69, 9.17) is 0 Å². The predicted molar refractivity (Wildman–Crippen MR) is 121 cm³/mol. The lowest BCUT2D eigenvalue weighted by atomic mass is 9.94. The first-order valence-corrected chi connectivity index (χ1v) is 10.4. The molecule has 2 N–H and O–H groups in total. The van der Waals surface area contributed by atoms with Gasteiger partial charge < -0.3 is 5.11 Å². The lowest BCUT2D eigenvalue weighted by molar-refractivity contribution is 0.142. The van der Waals surface area contributed by atoms with Gasteiger partial charge in [0.25, 0.3) is 5.56 Å². The molecular weight excluding hydrogens is 402 g/mol. The van der Waals surface area contributed by atoms with Crippen molar-refractivity contribution in [1.29, 1.82) is 0 Å². The average molecular weight is 430 g/mol. The van der Waals surface area contributed by atoms with E-state index in [-0.39, 0.29) is 18.2 Å². The van der Waals surface area contributed by atoms with Crippen molar-refractivity contribution < 1.29 is 5.11 Å². The minimum Gasteiger partial charge on any atom is -0.506 e. The van der Waals surface area contributed by atoms with Crippen molar-refractivity contribution >= 4 is 23.3 Å². The molecule has 30 heavy (non-hydrogen) atoms. The van der Waals surface area contributed by atoms with Crippen molar-refractivity contribution in [2.75, 3.05) is 6.54 Å². The second-order valence-electron chi connectivity index (χ2n) is 7.83. The molecule has 2 aromatic carbocycles. The third-order valence-corrected chi connectivity index (χ3v) is 5.93. The summed E-state index contributed by atoms with van der Waals surface area (Å²) in [4.78, 5) is 29.5. The monoisotopic (exact) mass is 429 g/mol. The zero-order chi connectivity index (χ0) is 20.2. The number of aromatic hydroxyl groups is 1. The molecule has 4 rings (SSSR count). The van der Waals surface area contributed by atoms with Gasteiger partial charge in [0.1, 0.15) is 11.3 Å². The molecule has 160 valence electrons. The highest BCUT2D eigenvalue weighted by molar-refractivity contribution is 5.85. The van der Waals surface area contributed by atoms with Crippen LogP contribution in [0.5, 0.6) is 5.75 Å². The summed E-state index contributed by atoms with van der Waals surface area (Å²) in [6.07, 6.45) is 6.09. The van der Waals surface area contributed by atoms with Crippen LogP contribution in [0, 0.1) is 0 Å². The normalized spacial score (nSPS) is 14.7. The molecule has 0 aliphatic heterocycles. The summed E-state index contributed by atoms with van der Waals surface area (Å²) in [5, 5.41) is 10.7. The van der Waals surface area contributed by atoms with Crippen molar-refractivity contribution in [3.05, 3.63) is 74.9 Å². The van der Waals surface area contributed by atoms with Gasteiger partial charge in [0.15, 0.2) is 0 Å². The molecule has 1 heterocycles. The van der Waals surface area contributed by atoms with Crippen molar-refractivity contribution in [2.24, 2.45) is 0 Å². The lowest BCUT2D eigenvalue weighted by Gasteiger charge is -2.34. The number of para-hydroxylation sites is 1. The first-order chi connectivity index (χ1) is 14.1. The predicted octanol–water partition coefficient (Wildman–Crippen LogP) is 3.65. The summed E-state index contributed by atoms with van der Waals surface area (Å²) in [7, 11) is 0. The fourth-order valence-electron chi connectivity index (χ4n) is 4.43. The van der Waals surface area contributed by atoms with Gasteiger partial charge in [-0.2, -0.15) is 0 Å². The Bertz CT molecular complexity index is 1090. The number of aromatic nitrogens is 2. The Hall–Kier alpha value is -2.57. The number of phenolic OH excluding ortho intramolecular Hbond substituents is 1. The van der Waals surface area contributed by atoms with Gasteiger partial charge in [-0.1, -0.05) is 55.7 Å². The van der Waals surface area contributed by atoms with E-state index in [9.17, 15) is 14.7 Å². The molecule has 7 heteroatoms. The summed E-state index contributed by atoms with van der Waals surface area (Å²) in [6.45, 7) is 1.91. The van der Waals surface area contributed by atoms with Crippen LogP contribution in [-0.4, -0.2) is 32.1 Å². The summed E-state index contributed by atoms with van der Waals surface area (Å²) >= 11 is 0. The summed E-state index contributed by atoms with van der Waals surface area (Å²) < 4.78 is 1.49. The highest BCUT2D eigenvalue weighted by Gasteiger charge is 2.22. The van der Waals surface area contributed by atoms with Crippen LogP contribution in [0.3, 0.4) is 0 Å². The minimum atomic E-state index is -0.479. The number of rotatable bonds is 6. The molecule has 0 atom stereocenters. The number of fused-ring (bicyclic) bond motifs is 1. The Morgan fingerprint density at radius 2 is 1.73 bits per heavy atom. The zero-order valence-electron chi connectivity index (χ0n) is 16.9. The molecule has 0 spiro atoms. The number of aromatic amines is 1. The van der Waals surface area contributed by atoms with Gasteiger partial charge in [-0.05, 0) is 30.5 Å². The van der Waals surface area contributed by atoms with E-state index in [1.165, 1.54) is 48.3 Å². The van der Waals surface area contributed by atoms with Crippen LogP contribution in [0.2, 0.25) is 0 Å². The Labute approximate surface area is 181 Å².